The van der Waals surface area contributed by atoms with Crippen LogP contribution in [-0.2, 0) is 4.79 Å². The number of nitrogens with one attached hydrogen (secondary N) is 1. The predicted octanol–water partition coefficient (Wildman–Crippen LogP) is 4.27. The molecule has 0 unspecified atom stereocenters. The zero-order chi connectivity index (χ0) is 24.6. The summed E-state index contributed by atoms with van der Waals surface area (Å²) in [6.45, 7) is 5.59. The van der Waals surface area contributed by atoms with Crippen LogP contribution in [0.25, 0.3) is 11.1 Å². The Bertz CT molecular complexity index is 1390. The molecule has 3 aromatic carbocycles. The van der Waals surface area contributed by atoms with Crippen molar-refractivity contribution < 1.29 is 24.9 Å². The number of amides is 1. The average Bonchev–Trinajstić information content (AvgIpc) is 3.08. The Kier molecular flexibility index (Phi) is 5.77. The summed E-state index contributed by atoms with van der Waals surface area (Å²) >= 11 is 0. The zero-order valence-electron chi connectivity index (χ0n) is 18.7. The van der Waals surface area contributed by atoms with Gasteiger partial charge in [0.2, 0.25) is 0 Å². The van der Waals surface area contributed by atoms with Crippen LogP contribution < -0.4 is 10.4 Å². The lowest BCUT2D eigenvalue weighted by Gasteiger charge is -2.13. The SMILES string of the molecule is CC1=NN(c2ccc(C)c(C)c2)C(=O)/C1=N\Nc1cccc(-c2cc(C(=O)O)ccc2O)c1O. The van der Waals surface area contributed by atoms with E-state index in [0.29, 0.717) is 11.4 Å². The highest BCUT2D eigenvalue weighted by atomic mass is 16.4. The maximum atomic E-state index is 12.9. The molecule has 0 atom stereocenters. The number of hydrazone groups is 2. The van der Waals surface area contributed by atoms with E-state index >= 15 is 0 Å². The second-order valence-corrected chi connectivity index (χ2v) is 7.88. The molecular weight excluding hydrogens is 436 g/mol. The minimum absolute atomic E-state index is 0.0411. The Balaban J connectivity index is 1.63. The van der Waals surface area contributed by atoms with Crippen molar-refractivity contribution in [2.45, 2.75) is 20.8 Å². The highest BCUT2D eigenvalue weighted by Gasteiger charge is 2.31. The summed E-state index contributed by atoms with van der Waals surface area (Å²) < 4.78 is 0. The highest BCUT2D eigenvalue weighted by molar-refractivity contribution is 6.71. The quantitative estimate of drug-likeness (QED) is 0.333. The van der Waals surface area contributed by atoms with Crippen LogP contribution in [0.2, 0.25) is 0 Å². The first-order valence-electron chi connectivity index (χ1n) is 10.4. The molecule has 0 saturated carbocycles. The van der Waals surface area contributed by atoms with E-state index in [2.05, 4.69) is 15.6 Å². The van der Waals surface area contributed by atoms with Gasteiger partial charge in [-0.2, -0.15) is 15.2 Å². The Morgan fingerprint density at radius 3 is 2.44 bits per heavy atom. The summed E-state index contributed by atoms with van der Waals surface area (Å²) in [6, 6.07) is 14.0. The van der Waals surface area contributed by atoms with Gasteiger partial charge in [0.25, 0.3) is 0 Å². The molecule has 1 aliphatic rings. The van der Waals surface area contributed by atoms with Crippen molar-refractivity contribution in [3.63, 3.8) is 0 Å². The summed E-state index contributed by atoms with van der Waals surface area (Å²) in [5.74, 6) is -2.04. The van der Waals surface area contributed by atoms with E-state index in [9.17, 15) is 24.9 Å². The van der Waals surface area contributed by atoms with Gasteiger partial charge in [-0.05, 0) is 68.3 Å². The number of aryl methyl sites for hydroxylation is 2. The van der Waals surface area contributed by atoms with Gasteiger partial charge in [-0.3, -0.25) is 10.2 Å². The van der Waals surface area contributed by atoms with Crippen molar-refractivity contribution in [3.05, 3.63) is 71.3 Å². The fourth-order valence-electron chi connectivity index (χ4n) is 3.51. The lowest BCUT2D eigenvalue weighted by atomic mass is 10.0. The van der Waals surface area contributed by atoms with Crippen LogP contribution in [0, 0.1) is 13.8 Å². The number of phenolic OH excluding ortho intramolecular Hbond substituents is 2. The molecule has 1 heterocycles. The van der Waals surface area contributed by atoms with Gasteiger partial charge in [0.15, 0.2) is 5.71 Å². The normalized spacial score (nSPS) is 14.4. The number of para-hydroxylation sites is 1. The number of anilines is 2. The first-order valence-corrected chi connectivity index (χ1v) is 10.4. The van der Waals surface area contributed by atoms with Crippen molar-refractivity contribution in [2.24, 2.45) is 10.2 Å². The number of phenols is 2. The lowest BCUT2D eigenvalue weighted by Crippen LogP contribution is -2.28. The Morgan fingerprint density at radius 2 is 1.74 bits per heavy atom. The second kappa shape index (κ2) is 8.70. The molecule has 1 amide bonds. The van der Waals surface area contributed by atoms with Crippen LogP contribution in [-0.4, -0.2) is 38.6 Å². The van der Waals surface area contributed by atoms with E-state index < -0.39 is 11.9 Å². The Labute approximate surface area is 195 Å². The Hall–Kier alpha value is -4.66. The molecule has 0 fully saturated rings. The third-order valence-corrected chi connectivity index (χ3v) is 5.58. The Morgan fingerprint density at radius 1 is 0.971 bits per heavy atom. The molecule has 0 bridgehead atoms. The van der Waals surface area contributed by atoms with Crippen molar-refractivity contribution in [1.29, 1.82) is 0 Å². The van der Waals surface area contributed by atoms with Crippen molar-refractivity contribution in [2.75, 3.05) is 10.4 Å². The van der Waals surface area contributed by atoms with E-state index in [1.54, 1.807) is 19.1 Å². The summed E-state index contributed by atoms with van der Waals surface area (Å²) in [5, 5.41) is 40.0. The smallest absolute Gasteiger partial charge is 0.335 e. The highest BCUT2D eigenvalue weighted by Crippen LogP contribution is 2.40. The molecule has 9 heteroatoms. The fourth-order valence-corrected chi connectivity index (χ4v) is 3.51. The number of hydrogen-bond donors (Lipinski definition) is 4. The van der Waals surface area contributed by atoms with Gasteiger partial charge in [0.05, 0.1) is 22.6 Å². The third-order valence-electron chi connectivity index (χ3n) is 5.58. The third kappa shape index (κ3) is 4.06. The molecule has 0 radical (unpaired) electrons. The number of carbonyl (C=O) groups is 2. The molecule has 3 aromatic rings. The maximum Gasteiger partial charge on any atom is 0.335 e. The molecule has 34 heavy (non-hydrogen) atoms. The molecule has 4 rings (SSSR count). The van der Waals surface area contributed by atoms with E-state index in [0.717, 1.165) is 11.1 Å². The molecule has 9 nitrogen and oxygen atoms in total. The number of carboxylic acids is 1. The van der Waals surface area contributed by atoms with Gasteiger partial charge < -0.3 is 15.3 Å². The van der Waals surface area contributed by atoms with Crippen LogP contribution in [0.4, 0.5) is 11.4 Å². The molecule has 172 valence electrons. The van der Waals surface area contributed by atoms with Gasteiger partial charge >= 0.3 is 11.9 Å². The van der Waals surface area contributed by atoms with E-state index in [4.69, 9.17) is 0 Å². The van der Waals surface area contributed by atoms with E-state index in [1.807, 2.05) is 26.0 Å². The number of benzene rings is 3. The van der Waals surface area contributed by atoms with Gasteiger partial charge in [-0.15, -0.1) is 0 Å². The molecule has 0 aliphatic carbocycles. The molecular formula is C25H22N4O5. The van der Waals surface area contributed by atoms with Crippen LogP contribution in [0.15, 0.2) is 64.8 Å². The van der Waals surface area contributed by atoms with Crippen LogP contribution in [0.1, 0.15) is 28.4 Å². The largest absolute Gasteiger partial charge is 0.507 e. The number of rotatable bonds is 5. The van der Waals surface area contributed by atoms with E-state index in [1.165, 1.54) is 35.3 Å². The zero-order valence-corrected chi connectivity index (χ0v) is 18.7. The van der Waals surface area contributed by atoms with Crippen molar-refractivity contribution >= 4 is 34.7 Å². The number of carboxylic acid groups (broad SMARTS) is 1. The number of aromatic hydroxyl groups is 2. The maximum absolute atomic E-state index is 12.9. The van der Waals surface area contributed by atoms with Gasteiger partial charge in [0.1, 0.15) is 11.5 Å². The van der Waals surface area contributed by atoms with Gasteiger partial charge in [-0.25, -0.2) is 4.79 Å². The fraction of sp³-hybridized carbons (Fsp3) is 0.120. The molecule has 4 N–H and O–H groups in total. The average molecular weight is 458 g/mol. The predicted molar refractivity (Wildman–Crippen MR) is 130 cm³/mol. The second-order valence-electron chi connectivity index (χ2n) is 7.88. The van der Waals surface area contributed by atoms with Gasteiger partial charge in [0, 0.05) is 11.1 Å². The summed E-state index contributed by atoms with van der Waals surface area (Å²) in [7, 11) is 0. The molecule has 1 aliphatic heterocycles. The van der Waals surface area contributed by atoms with Crippen LogP contribution >= 0.6 is 0 Å². The molecule has 0 aromatic heterocycles. The number of aromatic carboxylic acids is 1. The number of carbonyl (C=O) groups excluding carboxylic acids is 1. The number of hydrogen-bond acceptors (Lipinski definition) is 7. The topological polar surface area (TPSA) is 135 Å². The van der Waals surface area contributed by atoms with Crippen LogP contribution in [0.3, 0.4) is 0 Å². The summed E-state index contributed by atoms with van der Waals surface area (Å²) in [5.41, 5.74) is 6.38. The van der Waals surface area contributed by atoms with Gasteiger partial charge in [-0.1, -0.05) is 18.2 Å². The first kappa shape index (κ1) is 22.5. The van der Waals surface area contributed by atoms with Crippen molar-refractivity contribution in [3.8, 4) is 22.6 Å². The summed E-state index contributed by atoms with van der Waals surface area (Å²) in [4.78, 5) is 24.2. The monoisotopic (exact) mass is 458 g/mol. The molecule has 0 saturated heterocycles. The minimum atomic E-state index is -1.16. The number of nitrogens with zero attached hydrogens (tertiary/aromatic N) is 3. The lowest BCUT2D eigenvalue weighted by molar-refractivity contribution is -0.112. The van der Waals surface area contributed by atoms with Crippen LogP contribution in [0.5, 0.6) is 11.5 Å². The van der Waals surface area contributed by atoms with Crippen molar-refractivity contribution in [1.82, 2.24) is 0 Å². The minimum Gasteiger partial charge on any atom is -0.507 e. The first-order chi connectivity index (χ1) is 16.2. The standard InChI is InChI=1S/C25H22N4O5/c1-13-7-9-17(11-14(13)2)29-24(32)22(15(3)28-29)27-26-20-6-4-5-18(23(20)31)19-12-16(25(33)34)8-10-21(19)30/h4-12,26,30-31H,1-3H3,(H,33,34)/b27-22-. The summed E-state index contributed by atoms with van der Waals surface area (Å²) in [6.07, 6.45) is 0. The van der Waals surface area contributed by atoms with E-state index in [-0.39, 0.29) is 39.6 Å². The molecule has 0 spiro atoms.